The van der Waals surface area contributed by atoms with Crippen LogP contribution in [-0.4, -0.2) is 39.6 Å². The molecule has 0 unspecified atom stereocenters. The van der Waals surface area contributed by atoms with Crippen LogP contribution in [0.4, 0.5) is 5.82 Å². The molecule has 0 fully saturated rings. The molecule has 0 bridgehead atoms. The maximum absolute atomic E-state index is 12.8. The number of anilines is 1. The molecule has 3 heterocycles. The molecule has 1 aliphatic heterocycles. The number of nitrogens with one attached hydrogen (secondary N) is 2. The topological polar surface area (TPSA) is 73.9 Å². The van der Waals surface area contributed by atoms with Gasteiger partial charge >= 0.3 is 0 Å². The van der Waals surface area contributed by atoms with E-state index < -0.39 is 0 Å². The minimum absolute atomic E-state index is 0.151. The van der Waals surface area contributed by atoms with E-state index in [-0.39, 0.29) is 5.91 Å². The Labute approximate surface area is 146 Å². The zero-order valence-electron chi connectivity index (χ0n) is 14.5. The molecule has 6 nitrogen and oxygen atoms in total. The highest BCUT2D eigenvalue weighted by Gasteiger charge is 2.23. The van der Waals surface area contributed by atoms with Gasteiger partial charge in [-0.25, -0.2) is 0 Å². The third-order valence-corrected chi connectivity index (χ3v) is 4.89. The van der Waals surface area contributed by atoms with Crippen LogP contribution in [-0.2, 0) is 24.2 Å². The summed E-state index contributed by atoms with van der Waals surface area (Å²) in [6.07, 6.45) is 3.13. The molecule has 2 aromatic heterocycles. The number of aromatic nitrogens is 3. The van der Waals surface area contributed by atoms with Gasteiger partial charge in [0.05, 0.1) is 12.1 Å². The molecule has 2 N–H and O–H groups in total. The first-order chi connectivity index (χ1) is 12.2. The number of fused-ring (bicyclic) bond motifs is 2. The molecule has 3 aromatic rings. The highest BCUT2D eigenvalue weighted by Crippen LogP contribution is 2.24. The number of carbonyl (C=O) groups excluding carboxylic acids is 1. The second kappa shape index (κ2) is 6.20. The number of H-pyrrole nitrogens is 1. The van der Waals surface area contributed by atoms with E-state index in [2.05, 4.69) is 33.5 Å². The first-order valence-electron chi connectivity index (χ1n) is 8.52. The van der Waals surface area contributed by atoms with Gasteiger partial charge in [0.15, 0.2) is 0 Å². The third-order valence-electron chi connectivity index (χ3n) is 4.89. The zero-order chi connectivity index (χ0) is 17.4. The van der Waals surface area contributed by atoms with Gasteiger partial charge in [0, 0.05) is 43.7 Å². The van der Waals surface area contributed by atoms with Crippen LogP contribution in [0.5, 0.6) is 0 Å². The van der Waals surface area contributed by atoms with Crippen molar-refractivity contribution in [2.75, 3.05) is 18.9 Å². The Kier molecular flexibility index (Phi) is 3.87. The van der Waals surface area contributed by atoms with Gasteiger partial charge in [-0.1, -0.05) is 12.1 Å². The first kappa shape index (κ1) is 15.6. The van der Waals surface area contributed by atoms with Crippen molar-refractivity contribution in [1.82, 2.24) is 20.1 Å². The molecular formula is C19H21N5O. The van der Waals surface area contributed by atoms with Gasteiger partial charge in [0.25, 0.3) is 0 Å². The van der Waals surface area contributed by atoms with Gasteiger partial charge < -0.3 is 15.2 Å². The smallest absolute Gasteiger partial charge is 0.227 e. The van der Waals surface area contributed by atoms with Crippen LogP contribution >= 0.6 is 0 Å². The molecule has 0 aliphatic carbocycles. The minimum atomic E-state index is 0.151. The Morgan fingerprint density at radius 2 is 2.24 bits per heavy atom. The van der Waals surface area contributed by atoms with E-state index in [1.165, 1.54) is 5.56 Å². The van der Waals surface area contributed by atoms with Crippen LogP contribution in [0.2, 0.25) is 0 Å². The molecule has 0 saturated carbocycles. The monoisotopic (exact) mass is 335 g/mol. The number of aromatic amines is 1. The molecule has 4 rings (SSSR count). The summed E-state index contributed by atoms with van der Waals surface area (Å²) in [5, 5.41) is 12.5. The number of amides is 1. The number of aryl methyl sites for hydroxylation is 1. The molecule has 1 aliphatic rings. The molecule has 25 heavy (non-hydrogen) atoms. The molecule has 0 saturated heterocycles. The summed E-state index contributed by atoms with van der Waals surface area (Å²) in [7, 11) is 1.82. The van der Waals surface area contributed by atoms with Gasteiger partial charge in [0.2, 0.25) is 5.91 Å². The van der Waals surface area contributed by atoms with Crippen molar-refractivity contribution in [2.24, 2.45) is 0 Å². The Morgan fingerprint density at radius 1 is 1.36 bits per heavy atom. The van der Waals surface area contributed by atoms with Crippen LogP contribution in [0, 0.1) is 6.92 Å². The van der Waals surface area contributed by atoms with Crippen molar-refractivity contribution in [1.29, 1.82) is 0 Å². The molecular weight excluding hydrogens is 314 g/mol. The molecule has 0 atom stereocenters. The van der Waals surface area contributed by atoms with Crippen molar-refractivity contribution in [3.05, 3.63) is 52.8 Å². The summed E-state index contributed by atoms with van der Waals surface area (Å²) >= 11 is 0. The average molecular weight is 335 g/mol. The van der Waals surface area contributed by atoms with Crippen LogP contribution < -0.4 is 5.32 Å². The Morgan fingerprint density at radius 3 is 3.08 bits per heavy atom. The highest BCUT2D eigenvalue weighted by atomic mass is 16.2. The second-order valence-corrected chi connectivity index (χ2v) is 6.50. The lowest BCUT2D eigenvalue weighted by Gasteiger charge is -2.28. The van der Waals surface area contributed by atoms with E-state index in [1.54, 1.807) is 0 Å². The van der Waals surface area contributed by atoms with Crippen molar-refractivity contribution >= 4 is 22.6 Å². The van der Waals surface area contributed by atoms with E-state index in [1.807, 2.05) is 36.3 Å². The summed E-state index contributed by atoms with van der Waals surface area (Å²) in [5.74, 6) is 0.887. The Hall–Kier alpha value is -2.89. The molecule has 128 valence electrons. The Bertz CT molecular complexity index is 946. The van der Waals surface area contributed by atoms with E-state index in [9.17, 15) is 4.79 Å². The van der Waals surface area contributed by atoms with Gasteiger partial charge in [-0.15, -0.1) is 5.10 Å². The van der Waals surface area contributed by atoms with Crippen LogP contribution in [0.25, 0.3) is 10.9 Å². The minimum Gasteiger partial charge on any atom is -0.372 e. The number of hydrogen-bond acceptors (Lipinski definition) is 4. The molecule has 1 amide bonds. The van der Waals surface area contributed by atoms with Crippen LogP contribution in [0.1, 0.15) is 22.4 Å². The predicted octanol–water partition coefficient (Wildman–Crippen LogP) is 2.44. The lowest BCUT2D eigenvalue weighted by Crippen LogP contribution is -2.37. The lowest BCUT2D eigenvalue weighted by molar-refractivity contribution is -0.131. The maximum atomic E-state index is 12.8. The van der Waals surface area contributed by atoms with Gasteiger partial charge in [-0.2, -0.15) is 5.10 Å². The normalized spacial score (nSPS) is 13.8. The van der Waals surface area contributed by atoms with Gasteiger partial charge in [-0.05, 0) is 35.7 Å². The van der Waals surface area contributed by atoms with Gasteiger partial charge in [-0.3, -0.25) is 4.79 Å². The zero-order valence-corrected chi connectivity index (χ0v) is 14.5. The van der Waals surface area contributed by atoms with Crippen molar-refractivity contribution < 1.29 is 4.79 Å². The maximum Gasteiger partial charge on any atom is 0.227 e. The Balaban J connectivity index is 1.55. The summed E-state index contributed by atoms with van der Waals surface area (Å²) in [6, 6.07) is 8.14. The second-order valence-electron chi connectivity index (χ2n) is 6.50. The molecule has 6 heteroatoms. The fraction of sp³-hybridized carbons (Fsp3) is 0.316. The number of rotatable bonds is 3. The molecule has 1 aromatic carbocycles. The summed E-state index contributed by atoms with van der Waals surface area (Å²) in [6.45, 7) is 3.37. The van der Waals surface area contributed by atoms with E-state index in [0.29, 0.717) is 19.5 Å². The standard InChI is InChI=1S/C19H21N5O/c1-12-4-3-5-16-19(12)13(10-21-16)9-18(25)24-7-6-15-14(11-24)8-17(20-2)23-22-15/h3-5,8,10,21H,6-7,9,11H2,1-2H3,(H,20,23). The predicted molar refractivity (Wildman–Crippen MR) is 97.4 cm³/mol. The summed E-state index contributed by atoms with van der Waals surface area (Å²) in [5.41, 5.74) is 5.41. The molecule has 0 radical (unpaired) electrons. The van der Waals surface area contributed by atoms with Crippen molar-refractivity contribution in [3.63, 3.8) is 0 Å². The largest absolute Gasteiger partial charge is 0.372 e. The van der Waals surface area contributed by atoms with E-state index in [0.717, 1.165) is 40.0 Å². The number of carbonyl (C=O) groups is 1. The fourth-order valence-electron chi connectivity index (χ4n) is 3.53. The van der Waals surface area contributed by atoms with Crippen LogP contribution in [0.15, 0.2) is 30.5 Å². The lowest BCUT2D eigenvalue weighted by atomic mass is 10.0. The average Bonchev–Trinajstić information content (AvgIpc) is 3.05. The van der Waals surface area contributed by atoms with Crippen molar-refractivity contribution in [2.45, 2.75) is 26.3 Å². The van der Waals surface area contributed by atoms with E-state index in [4.69, 9.17) is 0 Å². The third kappa shape index (κ3) is 2.84. The fourth-order valence-corrected chi connectivity index (χ4v) is 3.53. The SMILES string of the molecule is CNc1cc2c(nn1)CCN(C(=O)Cc1c[nH]c3cccc(C)c13)C2. The van der Waals surface area contributed by atoms with E-state index >= 15 is 0 Å². The van der Waals surface area contributed by atoms with Gasteiger partial charge in [0.1, 0.15) is 5.82 Å². The van der Waals surface area contributed by atoms with Crippen LogP contribution in [0.3, 0.4) is 0 Å². The summed E-state index contributed by atoms with van der Waals surface area (Å²) < 4.78 is 0. The quantitative estimate of drug-likeness (QED) is 0.771. The first-order valence-corrected chi connectivity index (χ1v) is 8.52. The number of hydrogen-bond donors (Lipinski definition) is 2. The van der Waals surface area contributed by atoms with Crippen molar-refractivity contribution in [3.8, 4) is 0 Å². The highest BCUT2D eigenvalue weighted by molar-refractivity contribution is 5.91. The number of benzene rings is 1. The summed E-state index contributed by atoms with van der Waals surface area (Å²) in [4.78, 5) is 18.0. The number of nitrogens with zero attached hydrogens (tertiary/aromatic N) is 3. The molecule has 0 spiro atoms.